The van der Waals surface area contributed by atoms with Crippen molar-refractivity contribution in [1.82, 2.24) is 10.3 Å². The highest BCUT2D eigenvalue weighted by atomic mass is 16.5. The molecular weight excluding hydrogens is 386 g/mol. The second-order valence-corrected chi connectivity index (χ2v) is 7.43. The molecule has 8 heteroatoms. The van der Waals surface area contributed by atoms with E-state index in [2.05, 4.69) is 10.3 Å². The van der Waals surface area contributed by atoms with Gasteiger partial charge < -0.3 is 24.9 Å². The van der Waals surface area contributed by atoms with Crippen molar-refractivity contribution in [2.45, 2.75) is 32.4 Å². The van der Waals surface area contributed by atoms with Crippen LogP contribution in [0, 0.1) is 13.8 Å². The second-order valence-electron chi connectivity index (χ2n) is 7.43. The lowest BCUT2D eigenvalue weighted by atomic mass is 9.97. The number of nitrogens with zero attached hydrogens (tertiary/aromatic N) is 1. The molecule has 1 aliphatic rings. The Morgan fingerprint density at radius 2 is 2.13 bits per heavy atom. The summed E-state index contributed by atoms with van der Waals surface area (Å²) in [5.74, 6) is -0.0128. The molecule has 0 bridgehead atoms. The maximum Gasteiger partial charge on any atom is 0.256 e. The first-order valence-corrected chi connectivity index (χ1v) is 9.66. The number of pyridine rings is 1. The Balaban J connectivity index is 1.61. The van der Waals surface area contributed by atoms with Crippen LogP contribution < -0.4 is 15.8 Å². The molecule has 3 heterocycles. The number of aryl methyl sites for hydroxylation is 2. The standard InChI is InChI=1S/C22H23N3O5/c1-13-15(4-3-8-24-13)11-29-16-5-6-18-17(10-16)19(14(2)30-18)20(26)25-22(21(23)27)7-9-28-12-22/h3-6,8,10H,7,9,11-12H2,1-2H3,(H2,23,27)(H,25,26). The van der Waals surface area contributed by atoms with Crippen LogP contribution in [0.1, 0.15) is 33.8 Å². The fraction of sp³-hybridized carbons (Fsp3) is 0.318. The monoisotopic (exact) mass is 409 g/mol. The first-order valence-electron chi connectivity index (χ1n) is 9.66. The molecule has 2 aromatic heterocycles. The molecule has 3 aromatic rings. The summed E-state index contributed by atoms with van der Waals surface area (Å²) in [6, 6.07) is 9.11. The number of hydrogen-bond acceptors (Lipinski definition) is 6. The molecule has 0 aliphatic carbocycles. The van der Waals surface area contributed by atoms with Crippen molar-refractivity contribution in [3.05, 3.63) is 59.1 Å². The molecule has 1 aliphatic heterocycles. The lowest BCUT2D eigenvalue weighted by Gasteiger charge is -2.24. The second kappa shape index (κ2) is 7.79. The molecule has 0 radical (unpaired) electrons. The summed E-state index contributed by atoms with van der Waals surface area (Å²) in [5, 5.41) is 3.37. The predicted octanol–water partition coefficient (Wildman–Crippen LogP) is 2.40. The van der Waals surface area contributed by atoms with Gasteiger partial charge in [0.25, 0.3) is 5.91 Å². The van der Waals surface area contributed by atoms with E-state index < -0.39 is 17.4 Å². The van der Waals surface area contributed by atoms with Gasteiger partial charge in [0.05, 0.1) is 12.2 Å². The molecule has 0 saturated carbocycles. The summed E-state index contributed by atoms with van der Waals surface area (Å²) < 4.78 is 16.9. The number of carbonyl (C=O) groups excluding carboxylic acids is 2. The first kappa shape index (κ1) is 19.9. The summed E-state index contributed by atoms with van der Waals surface area (Å²) in [6.07, 6.45) is 2.07. The average Bonchev–Trinajstić information content (AvgIpc) is 3.31. The van der Waals surface area contributed by atoms with Crippen molar-refractivity contribution >= 4 is 22.8 Å². The fourth-order valence-electron chi connectivity index (χ4n) is 3.60. The highest BCUT2D eigenvalue weighted by molar-refractivity contribution is 6.09. The number of rotatable bonds is 6. The number of primary amides is 1. The number of nitrogens with one attached hydrogen (secondary N) is 1. The van der Waals surface area contributed by atoms with Crippen molar-refractivity contribution in [2.75, 3.05) is 13.2 Å². The number of nitrogens with two attached hydrogens (primary N) is 1. The molecule has 0 spiro atoms. The average molecular weight is 409 g/mol. The normalized spacial score (nSPS) is 18.5. The van der Waals surface area contributed by atoms with Crippen LogP contribution >= 0.6 is 0 Å². The van der Waals surface area contributed by atoms with Crippen LogP contribution in [0.4, 0.5) is 0 Å². The van der Waals surface area contributed by atoms with Gasteiger partial charge in [-0.1, -0.05) is 6.07 Å². The smallest absolute Gasteiger partial charge is 0.256 e. The number of carbonyl (C=O) groups is 2. The molecule has 1 unspecified atom stereocenters. The fourth-order valence-corrected chi connectivity index (χ4v) is 3.60. The lowest BCUT2D eigenvalue weighted by Crippen LogP contribution is -2.58. The van der Waals surface area contributed by atoms with Gasteiger partial charge in [-0.15, -0.1) is 0 Å². The van der Waals surface area contributed by atoms with Crippen molar-refractivity contribution in [3.63, 3.8) is 0 Å². The summed E-state index contributed by atoms with van der Waals surface area (Å²) in [4.78, 5) is 29.3. The molecule has 1 atom stereocenters. The van der Waals surface area contributed by atoms with Crippen LogP contribution in [-0.2, 0) is 16.1 Å². The summed E-state index contributed by atoms with van der Waals surface area (Å²) in [6.45, 7) is 4.40. The van der Waals surface area contributed by atoms with Gasteiger partial charge in [-0.3, -0.25) is 14.6 Å². The van der Waals surface area contributed by atoms with Crippen LogP contribution in [0.15, 0.2) is 40.9 Å². The first-order chi connectivity index (χ1) is 14.4. The van der Waals surface area contributed by atoms with Crippen molar-refractivity contribution in [2.24, 2.45) is 5.73 Å². The van der Waals surface area contributed by atoms with Gasteiger partial charge in [-0.25, -0.2) is 0 Å². The number of fused-ring (bicyclic) bond motifs is 1. The van der Waals surface area contributed by atoms with Gasteiger partial charge in [0.15, 0.2) is 0 Å². The maximum atomic E-state index is 13.1. The highest BCUT2D eigenvalue weighted by Crippen LogP contribution is 2.30. The number of amides is 2. The quantitative estimate of drug-likeness (QED) is 0.646. The molecule has 2 amide bonds. The van der Waals surface area contributed by atoms with E-state index in [1.807, 2.05) is 19.1 Å². The van der Waals surface area contributed by atoms with Crippen LogP contribution in [0.5, 0.6) is 5.75 Å². The molecule has 3 N–H and O–H groups in total. The third-order valence-corrected chi connectivity index (χ3v) is 5.42. The third kappa shape index (κ3) is 3.61. The number of aromatic nitrogens is 1. The van der Waals surface area contributed by atoms with E-state index in [-0.39, 0.29) is 6.61 Å². The minimum atomic E-state index is -1.21. The minimum Gasteiger partial charge on any atom is -0.489 e. The molecule has 1 fully saturated rings. The van der Waals surface area contributed by atoms with Crippen molar-refractivity contribution in [3.8, 4) is 5.75 Å². The van der Waals surface area contributed by atoms with E-state index >= 15 is 0 Å². The van der Waals surface area contributed by atoms with E-state index in [4.69, 9.17) is 19.6 Å². The van der Waals surface area contributed by atoms with Crippen LogP contribution in [0.25, 0.3) is 11.0 Å². The SMILES string of the molecule is Cc1ncccc1COc1ccc2oc(C)c(C(=O)NC3(C(N)=O)CCOC3)c2c1. The predicted molar refractivity (Wildman–Crippen MR) is 109 cm³/mol. The van der Waals surface area contributed by atoms with Gasteiger partial charge in [-0.2, -0.15) is 0 Å². The number of furan rings is 1. The van der Waals surface area contributed by atoms with Crippen molar-refractivity contribution < 1.29 is 23.5 Å². The Labute approximate surface area is 173 Å². The van der Waals surface area contributed by atoms with Gasteiger partial charge >= 0.3 is 0 Å². The molecule has 1 aromatic carbocycles. The maximum absolute atomic E-state index is 13.1. The van der Waals surface area contributed by atoms with Gasteiger partial charge in [-0.05, 0) is 38.1 Å². The highest BCUT2D eigenvalue weighted by Gasteiger charge is 2.43. The van der Waals surface area contributed by atoms with E-state index in [9.17, 15) is 9.59 Å². The van der Waals surface area contributed by atoms with E-state index in [0.29, 0.717) is 47.7 Å². The van der Waals surface area contributed by atoms with Crippen LogP contribution in [0.2, 0.25) is 0 Å². The summed E-state index contributed by atoms with van der Waals surface area (Å²) in [7, 11) is 0. The largest absolute Gasteiger partial charge is 0.489 e. The lowest BCUT2D eigenvalue weighted by molar-refractivity contribution is -0.124. The number of hydrogen-bond donors (Lipinski definition) is 2. The van der Waals surface area contributed by atoms with E-state index in [1.165, 1.54) is 0 Å². The molecule has 1 saturated heterocycles. The zero-order chi connectivity index (χ0) is 21.3. The van der Waals surface area contributed by atoms with E-state index in [0.717, 1.165) is 11.3 Å². The van der Waals surface area contributed by atoms with Gasteiger partial charge in [0.2, 0.25) is 5.91 Å². The van der Waals surface area contributed by atoms with Gasteiger partial charge in [0.1, 0.15) is 29.2 Å². The Morgan fingerprint density at radius 1 is 1.30 bits per heavy atom. The molecule has 4 rings (SSSR count). The minimum absolute atomic E-state index is 0.0573. The summed E-state index contributed by atoms with van der Waals surface area (Å²) >= 11 is 0. The number of ether oxygens (including phenoxy) is 2. The third-order valence-electron chi connectivity index (χ3n) is 5.42. The number of benzene rings is 1. The molecule has 30 heavy (non-hydrogen) atoms. The molecule has 8 nitrogen and oxygen atoms in total. The molecular formula is C22H23N3O5. The van der Waals surface area contributed by atoms with Crippen LogP contribution in [0.3, 0.4) is 0 Å². The zero-order valence-corrected chi connectivity index (χ0v) is 16.9. The van der Waals surface area contributed by atoms with Crippen molar-refractivity contribution in [1.29, 1.82) is 0 Å². The summed E-state index contributed by atoms with van der Waals surface area (Å²) in [5.41, 5.74) is 7.10. The Bertz CT molecular complexity index is 1120. The topological polar surface area (TPSA) is 117 Å². The Kier molecular flexibility index (Phi) is 5.17. The van der Waals surface area contributed by atoms with Crippen LogP contribution in [-0.4, -0.2) is 35.6 Å². The van der Waals surface area contributed by atoms with E-state index in [1.54, 1.807) is 31.3 Å². The zero-order valence-electron chi connectivity index (χ0n) is 16.9. The Morgan fingerprint density at radius 3 is 2.83 bits per heavy atom. The molecule has 156 valence electrons. The van der Waals surface area contributed by atoms with Gasteiger partial charge in [0, 0.05) is 35.9 Å². The Hall–Kier alpha value is -3.39.